The van der Waals surface area contributed by atoms with Crippen LogP contribution in [0, 0.1) is 0 Å². The summed E-state index contributed by atoms with van der Waals surface area (Å²) in [5.74, 6) is 1.27. The zero-order valence-corrected chi connectivity index (χ0v) is 17.6. The van der Waals surface area contributed by atoms with Crippen molar-refractivity contribution in [2.45, 2.75) is 37.5 Å². The zero-order valence-electron chi connectivity index (χ0n) is 16.8. The molecular formula is C22H26N2O4S. The van der Waals surface area contributed by atoms with Crippen LogP contribution < -0.4 is 4.90 Å². The highest BCUT2D eigenvalue weighted by atomic mass is 32.2. The van der Waals surface area contributed by atoms with Crippen molar-refractivity contribution in [3.63, 3.8) is 0 Å². The van der Waals surface area contributed by atoms with E-state index in [1.165, 1.54) is 11.8 Å². The first-order valence-corrected chi connectivity index (χ1v) is 10.9. The van der Waals surface area contributed by atoms with Crippen LogP contribution in [0.3, 0.4) is 0 Å². The van der Waals surface area contributed by atoms with Gasteiger partial charge in [0.25, 0.3) is 0 Å². The van der Waals surface area contributed by atoms with Crippen LogP contribution in [0.1, 0.15) is 35.3 Å². The van der Waals surface area contributed by atoms with Crippen LogP contribution >= 0.6 is 11.8 Å². The van der Waals surface area contributed by atoms with Gasteiger partial charge in [-0.05, 0) is 13.8 Å². The Hall–Kier alpha value is -2.09. The quantitative estimate of drug-likeness (QED) is 0.593. The lowest BCUT2D eigenvalue weighted by Gasteiger charge is -2.36. The molecule has 0 amide bonds. The van der Waals surface area contributed by atoms with Crippen LogP contribution in [0.5, 0.6) is 5.75 Å². The van der Waals surface area contributed by atoms with Gasteiger partial charge in [0.15, 0.2) is 11.5 Å². The van der Waals surface area contributed by atoms with E-state index in [1.54, 1.807) is 0 Å². The Morgan fingerprint density at radius 2 is 1.93 bits per heavy atom. The van der Waals surface area contributed by atoms with E-state index in [0.29, 0.717) is 36.8 Å². The Balaban J connectivity index is 1.65. The predicted octanol–water partition coefficient (Wildman–Crippen LogP) is 3.45. The minimum Gasteiger partial charge on any atom is -0.505 e. The number of anilines is 1. The number of aromatic nitrogens is 1. The van der Waals surface area contributed by atoms with Crippen molar-refractivity contribution in [1.82, 2.24) is 4.98 Å². The highest BCUT2D eigenvalue weighted by Gasteiger charge is 2.33. The van der Waals surface area contributed by atoms with Gasteiger partial charge in [-0.25, -0.2) is 4.98 Å². The molecule has 0 unspecified atom stereocenters. The van der Waals surface area contributed by atoms with Crippen molar-refractivity contribution in [3.05, 3.63) is 47.0 Å². The lowest BCUT2D eigenvalue weighted by atomic mass is 9.91. The molecule has 154 valence electrons. The summed E-state index contributed by atoms with van der Waals surface area (Å²) in [6, 6.07) is 9.21. The molecule has 7 heteroatoms. The second kappa shape index (κ2) is 8.34. The molecule has 1 N–H and O–H groups in total. The molecular weight excluding hydrogens is 388 g/mol. The molecule has 1 aromatic heterocycles. The van der Waals surface area contributed by atoms with E-state index in [-0.39, 0.29) is 22.9 Å². The number of benzene rings is 1. The number of hydrogen-bond acceptors (Lipinski definition) is 7. The Kier molecular flexibility index (Phi) is 5.81. The average Bonchev–Trinajstić information content (AvgIpc) is 2.74. The van der Waals surface area contributed by atoms with Gasteiger partial charge >= 0.3 is 0 Å². The van der Waals surface area contributed by atoms with Crippen LogP contribution in [0.15, 0.2) is 35.4 Å². The first-order valence-electron chi connectivity index (χ1n) is 9.87. The van der Waals surface area contributed by atoms with Gasteiger partial charge in [0.05, 0.1) is 31.2 Å². The van der Waals surface area contributed by atoms with Gasteiger partial charge in [-0.15, -0.1) is 0 Å². The highest BCUT2D eigenvalue weighted by molar-refractivity contribution is 8.00. The molecule has 0 radical (unpaired) electrons. The number of morpholine rings is 1. The van der Waals surface area contributed by atoms with E-state index >= 15 is 0 Å². The van der Waals surface area contributed by atoms with Crippen molar-refractivity contribution in [3.8, 4) is 5.75 Å². The fraction of sp³-hybridized carbons (Fsp3) is 0.455. The van der Waals surface area contributed by atoms with Gasteiger partial charge in [0.2, 0.25) is 0 Å². The number of rotatable bonds is 5. The Morgan fingerprint density at radius 1 is 1.21 bits per heavy atom. The Bertz CT molecular complexity index is 895. The standard InChI is InChI=1S/C22H26N2O4S/c1-22(2)12-16-17(13-28-22)20(24-8-10-27-11-9-24)23-21(19(16)26)29-14-18(25)15-6-4-3-5-7-15/h3-7,26H,8-14H2,1-2H3. The molecule has 0 saturated carbocycles. The number of carbonyl (C=O) groups excluding carboxylic acids is 1. The van der Waals surface area contributed by atoms with Crippen LogP contribution in [0.2, 0.25) is 0 Å². The molecule has 1 fully saturated rings. The van der Waals surface area contributed by atoms with Crippen molar-refractivity contribution in [2.24, 2.45) is 0 Å². The lowest BCUT2D eigenvalue weighted by molar-refractivity contribution is -0.0408. The first kappa shape index (κ1) is 20.2. The van der Waals surface area contributed by atoms with E-state index in [9.17, 15) is 9.90 Å². The maximum atomic E-state index is 12.5. The maximum absolute atomic E-state index is 12.5. The Morgan fingerprint density at radius 3 is 2.66 bits per heavy atom. The number of ketones is 1. The number of fused-ring (bicyclic) bond motifs is 1. The number of ether oxygens (including phenoxy) is 2. The summed E-state index contributed by atoms with van der Waals surface area (Å²) in [4.78, 5) is 19.5. The number of pyridine rings is 1. The fourth-order valence-corrected chi connectivity index (χ4v) is 4.53. The fourth-order valence-electron chi connectivity index (χ4n) is 3.69. The number of aromatic hydroxyl groups is 1. The largest absolute Gasteiger partial charge is 0.505 e. The topological polar surface area (TPSA) is 71.9 Å². The van der Waals surface area contributed by atoms with Crippen LogP contribution in [0.4, 0.5) is 5.82 Å². The van der Waals surface area contributed by atoms with E-state index in [1.807, 2.05) is 44.2 Å². The summed E-state index contributed by atoms with van der Waals surface area (Å²) < 4.78 is 11.5. The number of hydrogen-bond donors (Lipinski definition) is 1. The summed E-state index contributed by atoms with van der Waals surface area (Å²) >= 11 is 1.29. The van der Waals surface area contributed by atoms with Crippen molar-refractivity contribution >= 4 is 23.4 Å². The predicted molar refractivity (Wildman–Crippen MR) is 113 cm³/mol. The summed E-state index contributed by atoms with van der Waals surface area (Å²) in [6.45, 7) is 7.27. The highest BCUT2D eigenvalue weighted by Crippen LogP contribution is 2.42. The Labute approximate surface area is 175 Å². The van der Waals surface area contributed by atoms with Crippen molar-refractivity contribution in [2.75, 3.05) is 37.0 Å². The molecule has 2 aromatic rings. The SMILES string of the molecule is CC1(C)Cc2c(O)c(SCC(=O)c3ccccc3)nc(N3CCOCC3)c2CO1. The average molecular weight is 415 g/mol. The van der Waals surface area contributed by atoms with E-state index in [0.717, 1.165) is 30.0 Å². The molecule has 3 heterocycles. The van der Waals surface area contributed by atoms with E-state index in [2.05, 4.69) is 4.90 Å². The van der Waals surface area contributed by atoms with Crippen molar-refractivity contribution in [1.29, 1.82) is 0 Å². The molecule has 6 nitrogen and oxygen atoms in total. The normalized spacial score (nSPS) is 18.3. The molecule has 1 saturated heterocycles. The summed E-state index contributed by atoms with van der Waals surface area (Å²) in [5.41, 5.74) is 2.14. The number of carbonyl (C=O) groups is 1. The molecule has 0 bridgehead atoms. The molecule has 4 rings (SSSR count). The third-order valence-corrected chi connectivity index (χ3v) is 6.25. The second-order valence-corrected chi connectivity index (χ2v) is 8.91. The molecule has 2 aliphatic heterocycles. The zero-order chi connectivity index (χ0) is 20.4. The van der Waals surface area contributed by atoms with E-state index < -0.39 is 0 Å². The summed E-state index contributed by atoms with van der Waals surface area (Å²) in [7, 11) is 0. The van der Waals surface area contributed by atoms with Crippen LogP contribution in [-0.2, 0) is 22.5 Å². The summed E-state index contributed by atoms with van der Waals surface area (Å²) in [5, 5.41) is 11.5. The van der Waals surface area contributed by atoms with E-state index in [4.69, 9.17) is 14.5 Å². The van der Waals surface area contributed by atoms with Gasteiger partial charge in [-0.3, -0.25) is 4.79 Å². The van der Waals surface area contributed by atoms with Gasteiger partial charge in [0.1, 0.15) is 10.8 Å². The minimum absolute atomic E-state index is 0.0195. The van der Waals surface area contributed by atoms with Gasteiger partial charge in [-0.1, -0.05) is 42.1 Å². The number of nitrogens with zero attached hydrogens (tertiary/aromatic N) is 2. The molecule has 1 aromatic carbocycles. The molecule has 0 spiro atoms. The third kappa shape index (κ3) is 4.42. The van der Waals surface area contributed by atoms with Crippen LogP contribution in [0.25, 0.3) is 0 Å². The first-order chi connectivity index (χ1) is 13.9. The lowest BCUT2D eigenvalue weighted by Crippen LogP contribution is -2.39. The smallest absolute Gasteiger partial charge is 0.173 e. The van der Waals surface area contributed by atoms with Gasteiger partial charge in [0, 0.05) is 36.2 Å². The summed E-state index contributed by atoms with van der Waals surface area (Å²) in [6.07, 6.45) is 0.605. The molecule has 0 aliphatic carbocycles. The molecule has 29 heavy (non-hydrogen) atoms. The number of Topliss-reactive ketones (excluding diaryl/α,β-unsaturated/α-hetero) is 1. The van der Waals surface area contributed by atoms with Gasteiger partial charge < -0.3 is 19.5 Å². The third-order valence-electron chi connectivity index (χ3n) is 5.29. The molecule has 0 atom stereocenters. The van der Waals surface area contributed by atoms with Crippen molar-refractivity contribution < 1.29 is 19.4 Å². The molecule has 2 aliphatic rings. The number of thioether (sulfide) groups is 1. The van der Waals surface area contributed by atoms with Crippen LogP contribution in [-0.4, -0.2) is 53.5 Å². The minimum atomic E-state index is -0.351. The van der Waals surface area contributed by atoms with Gasteiger partial charge in [-0.2, -0.15) is 0 Å². The monoisotopic (exact) mass is 414 g/mol. The maximum Gasteiger partial charge on any atom is 0.173 e. The second-order valence-electron chi connectivity index (χ2n) is 7.95.